The second-order valence-electron chi connectivity index (χ2n) is 3.27. The van der Waals surface area contributed by atoms with E-state index in [1.807, 2.05) is 31.6 Å². The fraction of sp³-hybridized carbons (Fsp3) is 0.300. The van der Waals surface area contributed by atoms with Gasteiger partial charge in [0.2, 0.25) is 0 Å². The highest BCUT2D eigenvalue weighted by molar-refractivity contribution is 9.10. The molecular formula is C10H12BrN3. The number of nitrogens with one attached hydrogen (secondary N) is 1. The van der Waals surface area contributed by atoms with E-state index in [0.717, 1.165) is 15.8 Å². The van der Waals surface area contributed by atoms with Crippen LogP contribution in [0.3, 0.4) is 0 Å². The Kier molecular flexibility index (Phi) is 2.56. The molecule has 0 spiro atoms. The minimum absolute atomic E-state index is 0.256. The molecule has 1 N–H and O–H groups in total. The molecule has 0 fully saturated rings. The van der Waals surface area contributed by atoms with Gasteiger partial charge in [-0.3, -0.25) is 0 Å². The second-order valence-corrected chi connectivity index (χ2v) is 4.18. The average Bonchev–Trinajstić information content (AvgIpc) is 2.59. The molecule has 0 amide bonds. The normalized spacial score (nSPS) is 13.4. The molecule has 0 aromatic carbocycles. The average molecular weight is 254 g/mol. The van der Waals surface area contributed by atoms with Crippen LogP contribution in [0.15, 0.2) is 29.0 Å². The summed E-state index contributed by atoms with van der Waals surface area (Å²) >= 11 is 3.45. The van der Waals surface area contributed by atoms with Crippen molar-refractivity contribution in [2.45, 2.75) is 13.0 Å². The van der Waals surface area contributed by atoms with Crippen molar-refractivity contribution < 1.29 is 0 Å². The first-order valence-electron chi connectivity index (χ1n) is 4.52. The Labute approximate surface area is 91.3 Å². The van der Waals surface area contributed by atoms with Crippen molar-refractivity contribution in [3.63, 3.8) is 0 Å². The molecule has 4 heteroatoms. The minimum atomic E-state index is 0.256. The van der Waals surface area contributed by atoms with Gasteiger partial charge in [-0.25, -0.2) is 4.98 Å². The third-order valence-electron chi connectivity index (χ3n) is 2.34. The number of fused-ring (bicyclic) bond motifs is 1. The van der Waals surface area contributed by atoms with E-state index in [4.69, 9.17) is 0 Å². The molecule has 14 heavy (non-hydrogen) atoms. The van der Waals surface area contributed by atoms with Crippen LogP contribution in [0.4, 0.5) is 0 Å². The molecule has 0 bridgehead atoms. The van der Waals surface area contributed by atoms with Gasteiger partial charge in [0.1, 0.15) is 5.82 Å². The molecule has 0 aliphatic heterocycles. The van der Waals surface area contributed by atoms with E-state index in [2.05, 4.69) is 37.6 Å². The van der Waals surface area contributed by atoms with E-state index >= 15 is 0 Å². The number of pyridine rings is 1. The van der Waals surface area contributed by atoms with Gasteiger partial charge in [0.25, 0.3) is 0 Å². The maximum atomic E-state index is 4.39. The zero-order valence-corrected chi connectivity index (χ0v) is 9.75. The van der Waals surface area contributed by atoms with Crippen molar-refractivity contribution in [2.75, 3.05) is 7.05 Å². The summed E-state index contributed by atoms with van der Waals surface area (Å²) in [5.41, 5.74) is 1.12. The number of halogens is 1. The smallest absolute Gasteiger partial charge is 0.130 e. The molecule has 0 saturated carbocycles. The first kappa shape index (κ1) is 9.68. The lowest BCUT2D eigenvalue weighted by Crippen LogP contribution is -2.15. The summed E-state index contributed by atoms with van der Waals surface area (Å²) in [5, 5.41) is 3.18. The molecule has 0 radical (unpaired) electrons. The topological polar surface area (TPSA) is 29.3 Å². The molecule has 0 aliphatic rings. The van der Waals surface area contributed by atoms with Gasteiger partial charge in [0, 0.05) is 10.7 Å². The van der Waals surface area contributed by atoms with Crippen LogP contribution < -0.4 is 5.32 Å². The molecule has 2 rings (SSSR count). The van der Waals surface area contributed by atoms with Crippen molar-refractivity contribution in [1.82, 2.24) is 14.7 Å². The Balaban J connectivity index is 2.61. The van der Waals surface area contributed by atoms with Crippen molar-refractivity contribution in [3.05, 3.63) is 34.8 Å². The van der Waals surface area contributed by atoms with Crippen LogP contribution in [0.5, 0.6) is 0 Å². The molecule has 0 aliphatic carbocycles. The van der Waals surface area contributed by atoms with Gasteiger partial charge < -0.3 is 9.72 Å². The highest BCUT2D eigenvalue weighted by Gasteiger charge is 2.09. The lowest BCUT2D eigenvalue weighted by molar-refractivity contribution is 0.608. The van der Waals surface area contributed by atoms with Gasteiger partial charge in [0.05, 0.1) is 17.8 Å². The zero-order valence-electron chi connectivity index (χ0n) is 8.16. The fourth-order valence-corrected chi connectivity index (χ4v) is 1.77. The summed E-state index contributed by atoms with van der Waals surface area (Å²) in [4.78, 5) is 4.39. The first-order chi connectivity index (χ1) is 6.72. The first-order valence-corrected chi connectivity index (χ1v) is 5.31. The van der Waals surface area contributed by atoms with Crippen LogP contribution in [-0.4, -0.2) is 16.4 Å². The summed E-state index contributed by atoms with van der Waals surface area (Å²) in [7, 11) is 1.93. The van der Waals surface area contributed by atoms with Crippen LogP contribution in [0, 0.1) is 0 Å². The highest BCUT2D eigenvalue weighted by Crippen LogP contribution is 2.17. The standard InChI is InChI=1S/C10H12BrN3/c1-7(12-2)10-13-5-9-4-3-8(11)6-14(9)10/h3-7,12H,1-2H3. The molecule has 2 aromatic heterocycles. The van der Waals surface area contributed by atoms with Crippen molar-refractivity contribution in [2.24, 2.45) is 0 Å². The quantitative estimate of drug-likeness (QED) is 0.891. The van der Waals surface area contributed by atoms with Crippen LogP contribution in [0.25, 0.3) is 5.52 Å². The molecule has 1 unspecified atom stereocenters. The molecule has 2 aromatic rings. The predicted molar refractivity (Wildman–Crippen MR) is 60.4 cm³/mol. The lowest BCUT2D eigenvalue weighted by atomic mass is 10.3. The predicted octanol–water partition coefficient (Wildman–Crippen LogP) is 2.38. The van der Waals surface area contributed by atoms with E-state index in [1.54, 1.807) is 0 Å². The Bertz CT molecular complexity index is 450. The van der Waals surface area contributed by atoms with Crippen LogP contribution in [-0.2, 0) is 0 Å². The SMILES string of the molecule is CNC(C)c1ncc2ccc(Br)cn12. The van der Waals surface area contributed by atoms with E-state index in [0.29, 0.717) is 0 Å². The van der Waals surface area contributed by atoms with E-state index < -0.39 is 0 Å². The fourth-order valence-electron chi connectivity index (χ4n) is 1.43. The minimum Gasteiger partial charge on any atom is -0.311 e. The summed E-state index contributed by atoms with van der Waals surface area (Å²) in [6, 6.07) is 4.32. The maximum Gasteiger partial charge on any atom is 0.130 e. The Morgan fingerprint density at radius 3 is 3.00 bits per heavy atom. The number of imidazole rings is 1. The maximum absolute atomic E-state index is 4.39. The number of hydrogen-bond acceptors (Lipinski definition) is 2. The molecular weight excluding hydrogens is 242 g/mol. The van der Waals surface area contributed by atoms with Crippen molar-refractivity contribution >= 4 is 21.4 Å². The largest absolute Gasteiger partial charge is 0.311 e. The molecule has 3 nitrogen and oxygen atoms in total. The zero-order chi connectivity index (χ0) is 10.1. The summed E-state index contributed by atoms with van der Waals surface area (Å²) < 4.78 is 3.15. The van der Waals surface area contributed by atoms with Crippen molar-refractivity contribution in [3.8, 4) is 0 Å². The van der Waals surface area contributed by atoms with Gasteiger partial charge in [-0.1, -0.05) is 0 Å². The van der Waals surface area contributed by atoms with Gasteiger partial charge in [0.15, 0.2) is 0 Å². The summed E-state index contributed by atoms with van der Waals surface area (Å²) in [6.07, 6.45) is 3.92. The Hall–Kier alpha value is -0.870. The second kappa shape index (κ2) is 3.71. The third-order valence-corrected chi connectivity index (χ3v) is 2.81. The summed E-state index contributed by atoms with van der Waals surface area (Å²) in [5.74, 6) is 1.03. The molecule has 0 saturated heterocycles. The molecule has 1 atom stereocenters. The number of rotatable bonds is 2. The molecule has 2 heterocycles. The third kappa shape index (κ3) is 1.55. The van der Waals surface area contributed by atoms with Crippen LogP contribution in [0.1, 0.15) is 18.8 Å². The van der Waals surface area contributed by atoms with Crippen LogP contribution >= 0.6 is 15.9 Å². The van der Waals surface area contributed by atoms with E-state index in [1.165, 1.54) is 0 Å². The van der Waals surface area contributed by atoms with Gasteiger partial charge in [-0.05, 0) is 42.0 Å². The lowest BCUT2D eigenvalue weighted by Gasteiger charge is -2.08. The number of hydrogen-bond donors (Lipinski definition) is 1. The van der Waals surface area contributed by atoms with Crippen molar-refractivity contribution in [1.29, 1.82) is 0 Å². The highest BCUT2D eigenvalue weighted by atomic mass is 79.9. The van der Waals surface area contributed by atoms with Gasteiger partial charge in [-0.15, -0.1) is 0 Å². The Morgan fingerprint density at radius 1 is 1.50 bits per heavy atom. The number of aromatic nitrogens is 2. The van der Waals surface area contributed by atoms with E-state index in [-0.39, 0.29) is 6.04 Å². The molecule has 74 valence electrons. The summed E-state index contributed by atoms with van der Waals surface area (Å²) in [6.45, 7) is 2.09. The Morgan fingerprint density at radius 2 is 2.29 bits per heavy atom. The monoisotopic (exact) mass is 253 g/mol. The number of nitrogens with zero attached hydrogens (tertiary/aromatic N) is 2. The van der Waals surface area contributed by atoms with E-state index in [9.17, 15) is 0 Å². The van der Waals surface area contributed by atoms with Gasteiger partial charge >= 0.3 is 0 Å². The van der Waals surface area contributed by atoms with Crippen LogP contribution in [0.2, 0.25) is 0 Å². The van der Waals surface area contributed by atoms with Gasteiger partial charge in [-0.2, -0.15) is 0 Å².